The van der Waals surface area contributed by atoms with Gasteiger partial charge in [-0.2, -0.15) is 0 Å². The molecule has 0 aliphatic heterocycles. The molecule has 106 valence electrons. The fraction of sp³-hybridized carbons (Fsp3) is 0.294. The van der Waals surface area contributed by atoms with Crippen LogP contribution in [0.2, 0.25) is 0 Å². The van der Waals surface area contributed by atoms with Crippen molar-refractivity contribution in [3.8, 4) is 11.5 Å². The Hall–Kier alpha value is -1.67. The smallest absolute Gasteiger partial charge is 0.119 e. The van der Waals surface area contributed by atoms with Gasteiger partial charge >= 0.3 is 0 Å². The molecule has 2 nitrogen and oxygen atoms in total. The Kier molecular flexibility index (Phi) is 5.75. The number of hydrogen-bond acceptors (Lipinski definition) is 2. The van der Waals surface area contributed by atoms with Crippen molar-refractivity contribution in [2.75, 3.05) is 13.7 Å². The Labute approximate surface area is 125 Å². The van der Waals surface area contributed by atoms with Crippen molar-refractivity contribution in [3.05, 3.63) is 60.2 Å². The fourth-order valence-corrected chi connectivity index (χ4v) is 2.25. The van der Waals surface area contributed by atoms with E-state index in [4.69, 9.17) is 21.1 Å². The number of benzene rings is 2. The first-order chi connectivity index (χ1) is 9.79. The highest BCUT2D eigenvalue weighted by molar-refractivity contribution is 6.20. The second-order valence-corrected chi connectivity index (χ2v) is 5.07. The van der Waals surface area contributed by atoms with Crippen molar-refractivity contribution in [2.45, 2.75) is 18.2 Å². The quantitative estimate of drug-likeness (QED) is 0.537. The molecule has 0 bridgehead atoms. The first-order valence-electron chi connectivity index (χ1n) is 6.75. The maximum Gasteiger partial charge on any atom is 0.119 e. The van der Waals surface area contributed by atoms with Gasteiger partial charge in [-0.05, 0) is 42.7 Å². The topological polar surface area (TPSA) is 18.5 Å². The molecule has 1 unspecified atom stereocenters. The predicted octanol–water partition coefficient (Wildman–Crippen LogP) is 4.83. The van der Waals surface area contributed by atoms with Gasteiger partial charge in [0.25, 0.3) is 0 Å². The lowest BCUT2D eigenvalue weighted by molar-refractivity contribution is 0.305. The summed E-state index contributed by atoms with van der Waals surface area (Å²) in [6, 6.07) is 17.7. The molecule has 0 amide bonds. The lowest BCUT2D eigenvalue weighted by atomic mass is 10.1. The summed E-state index contributed by atoms with van der Waals surface area (Å²) in [7, 11) is 1.65. The van der Waals surface area contributed by atoms with E-state index < -0.39 is 0 Å². The average molecular weight is 291 g/mol. The summed E-state index contributed by atoms with van der Waals surface area (Å²) in [5.41, 5.74) is 1.17. The van der Waals surface area contributed by atoms with E-state index in [0.29, 0.717) is 6.61 Å². The van der Waals surface area contributed by atoms with Crippen LogP contribution in [0.4, 0.5) is 0 Å². The zero-order valence-corrected chi connectivity index (χ0v) is 12.3. The molecule has 0 spiro atoms. The van der Waals surface area contributed by atoms with Gasteiger partial charge in [0.05, 0.1) is 19.1 Å². The third-order valence-electron chi connectivity index (χ3n) is 3.09. The van der Waals surface area contributed by atoms with E-state index in [1.165, 1.54) is 5.56 Å². The third kappa shape index (κ3) is 4.46. The Morgan fingerprint density at radius 1 is 0.950 bits per heavy atom. The second-order valence-electron chi connectivity index (χ2n) is 4.54. The molecular formula is C17H19ClO2. The van der Waals surface area contributed by atoms with Crippen molar-refractivity contribution >= 4 is 11.6 Å². The Bertz CT molecular complexity index is 496. The molecule has 1 atom stereocenters. The monoisotopic (exact) mass is 290 g/mol. The molecule has 3 heteroatoms. The number of ether oxygens (including phenoxy) is 2. The number of halogens is 1. The minimum absolute atomic E-state index is 0.0515. The predicted molar refractivity (Wildman–Crippen MR) is 82.8 cm³/mol. The van der Waals surface area contributed by atoms with Gasteiger partial charge in [0, 0.05) is 0 Å². The summed E-state index contributed by atoms with van der Waals surface area (Å²) < 4.78 is 10.8. The van der Waals surface area contributed by atoms with Gasteiger partial charge < -0.3 is 9.47 Å². The highest BCUT2D eigenvalue weighted by Gasteiger charge is 2.06. The molecule has 0 radical (unpaired) electrons. The molecule has 0 heterocycles. The van der Waals surface area contributed by atoms with E-state index in [2.05, 4.69) is 12.1 Å². The van der Waals surface area contributed by atoms with E-state index in [0.717, 1.165) is 24.3 Å². The first-order valence-corrected chi connectivity index (χ1v) is 7.19. The summed E-state index contributed by atoms with van der Waals surface area (Å²) in [6.07, 6.45) is 1.83. The SMILES string of the molecule is COc1ccc(OCCCC(Cl)c2ccccc2)cc1. The van der Waals surface area contributed by atoms with Crippen LogP contribution in [-0.4, -0.2) is 13.7 Å². The molecule has 0 N–H and O–H groups in total. The molecule has 0 fully saturated rings. The summed E-state index contributed by atoms with van der Waals surface area (Å²) in [4.78, 5) is 0. The van der Waals surface area contributed by atoms with Crippen LogP contribution in [0.15, 0.2) is 54.6 Å². The maximum absolute atomic E-state index is 6.36. The van der Waals surface area contributed by atoms with Gasteiger partial charge in [-0.25, -0.2) is 0 Å². The molecule has 0 saturated heterocycles. The highest BCUT2D eigenvalue weighted by atomic mass is 35.5. The van der Waals surface area contributed by atoms with Crippen LogP contribution in [0.3, 0.4) is 0 Å². The minimum atomic E-state index is 0.0515. The van der Waals surface area contributed by atoms with Crippen molar-refractivity contribution in [3.63, 3.8) is 0 Å². The largest absolute Gasteiger partial charge is 0.497 e. The lowest BCUT2D eigenvalue weighted by Gasteiger charge is -2.10. The molecule has 0 aliphatic rings. The van der Waals surface area contributed by atoms with Crippen molar-refractivity contribution < 1.29 is 9.47 Å². The normalized spacial score (nSPS) is 11.9. The lowest BCUT2D eigenvalue weighted by Crippen LogP contribution is -1.99. The van der Waals surface area contributed by atoms with E-state index in [1.54, 1.807) is 7.11 Å². The Morgan fingerprint density at radius 2 is 1.60 bits per heavy atom. The van der Waals surface area contributed by atoms with Crippen molar-refractivity contribution in [1.82, 2.24) is 0 Å². The van der Waals surface area contributed by atoms with Crippen LogP contribution in [0.1, 0.15) is 23.8 Å². The zero-order chi connectivity index (χ0) is 14.2. The van der Waals surface area contributed by atoms with Gasteiger partial charge in [0.1, 0.15) is 11.5 Å². The first kappa shape index (κ1) is 14.7. The Morgan fingerprint density at radius 3 is 2.25 bits per heavy atom. The van der Waals surface area contributed by atoms with Crippen LogP contribution in [-0.2, 0) is 0 Å². The van der Waals surface area contributed by atoms with Gasteiger partial charge in [0.15, 0.2) is 0 Å². The number of rotatable bonds is 7. The van der Waals surface area contributed by atoms with Crippen LogP contribution in [0, 0.1) is 0 Å². The molecule has 0 aliphatic carbocycles. The molecular weight excluding hydrogens is 272 g/mol. The number of hydrogen-bond donors (Lipinski definition) is 0. The van der Waals surface area contributed by atoms with Gasteiger partial charge in [-0.1, -0.05) is 30.3 Å². The van der Waals surface area contributed by atoms with Gasteiger partial charge in [-0.15, -0.1) is 11.6 Å². The van der Waals surface area contributed by atoms with E-state index in [9.17, 15) is 0 Å². The van der Waals surface area contributed by atoms with E-state index in [1.807, 2.05) is 42.5 Å². The average Bonchev–Trinajstić information content (AvgIpc) is 2.53. The van der Waals surface area contributed by atoms with Crippen LogP contribution < -0.4 is 9.47 Å². The maximum atomic E-state index is 6.36. The van der Waals surface area contributed by atoms with Gasteiger partial charge in [0.2, 0.25) is 0 Å². The summed E-state index contributed by atoms with van der Waals surface area (Å²) >= 11 is 6.36. The number of alkyl halides is 1. The van der Waals surface area contributed by atoms with E-state index >= 15 is 0 Å². The summed E-state index contributed by atoms with van der Waals surface area (Å²) in [5.74, 6) is 1.69. The molecule has 2 aromatic rings. The van der Waals surface area contributed by atoms with Gasteiger partial charge in [-0.3, -0.25) is 0 Å². The minimum Gasteiger partial charge on any atom is -0.497 e. The molecule has 2 rings (SSSR count). The zero-order valence-electron chi connectivity index (χ0n) is 11.6. The number of methoxy groups -OCH3 is 1. The van der Waals surface area contributed by atoms with Crippen molar-refractivity contribution in [2.24, 2.45) is 0 Å². The summed E-state index contributed by atoms with van der Waals surface area (Å²) in [5, 5.41) is 0.0515. The summed E-state index contributed by atoms with van der Waals surface area (Å²) in [6.45, 7) is 0.669. The molecule has 0 aromatic heterocycles. The van der Waals surface area contributed by atoms with Crippen LogP contribution in [0.5, 0.6) is 11.5 Å². The molecule has 20 heavy (non-hydrogen) atoms. The fourth-order valence-electron chi connectivity index (χ4n) is 1.95. The van der Waals surface area contributed by atoms with E-state index in [-0.39, 0.29) is 5.38 Å². The van der Waals surface area contributed by atoms with Crippen LogP contribution in [0.25, 0.3) is 0 Å². The highest BCUT2D eigenvalue weighted by Crippen LogP contribution is 2.25. The van der Waals surface area contributed by atoms with Crippen molar-refractivity contribution in [1.29, 1.82) is 0 Å². The Balaban J connectivity index is 1.70. The molecule has 0 saturated carbocycles. The molecule has 2 aromatic carbocycles. The third-order valence-corrected chi connectivity index (χ3v) is 3.56. The second kappa shape index (κ2) is 7.81. The standard InChI is InChI=1S/C17H19ClO2/c1-19-15-9-11-16(12-10-15)20-13-5-8-17(18)14-6-3-2-4-7-14/h2-4,6-7,9-12,17H,5,8,13H2,1H3. The van der Waals surface area contributed by atoms with Crippen LogP contribution >= 0.6 is 11.6 Å².